The summed E-state index contributed by atoms with van der Waals surface area (Å²) in [6.45, 7) is 6.22. The molecule has 1 aliphatic carbocycles. The van der Waals surface area contributed by atoms with Crippen molar-refractivity contribution in [2.45, 2.75) is 31.7 Å². The number of piperazine rings is 1. The molecular weight excluding hydrogens is 250 g/mol. The van der Waals surface area contributed by atoms with E-state index >= 15 is 0 Å². The van der Waals surface area contributed by atoms with Crippen molar-refractivity contribution in [3.8, 4) is 0 Å². The monoisotopic (exact) mass is 275 g/mol. The predicted octanol–water partition coefficient (Wildman–Crippen LogP) is 1.70. The molecule has 0 amide bonds. The summed E-state index contributed by atoms with van der Waals surface area (Å²) in [5, 5.41) is 3.35. The van der Waals surface area contributed by atoms with Gasteiger partial charge in [-0.05, 0) is 33.9 Å². The highest BCUT2D eigenvalue weighted by atomic mass is 15.3. The van der Waals surface area contributed by atoms with E-state index in [1.54, 1.807) is 0 Å². The van der Waals surface area contributed by atoms with Crippen LogP contribution in [0.5, 0.6) is 0 Å². The minimum absolute atomic E-state index is 0.310. The van der Waals surface area contributed by atoms with Gasteiger partial charge in [-0.1, -0.05) is 0 Å². The molecule has 110 valence electrons. The Morgan fingerprint density at radius 1 is 1.25 bits per heavy atom. The molecule has 1 aromatic rings. The minimum atomic E-state index is 0.310. The van der Waals surface area contributed by atoms with Crippen molar-refractivity contribution in [1.82, 2.24) is 19.8 Å². The van der Waals surface area contributed by atoms with Crippen molar-refractivity contribution in [3.05, 3.63) is 17.6 Å². The maximum Gasteiger partial charge on any atom is 0.149 e. The van der Waals surface area contributed by atoms with Gasteiger partial charge in [0.1, 0.15) is 11.6 Å². The van der Waals surface area contributed by atoms with Crippen molar-refractivity contribution in [2.75, 3.05) is 45.6 Å². The summed E-state index contributed by atoms with van der Waals surface area (Å²) in [6.07, 6.45) is 2.56. The molecule has 1 aliphatic heterocycles. The van der Waals surface area contributed by atoms with Gasteiger partial charge in [0.25, 0.3) is 0 Å². The van der Waals surface area contributed by atoms with Gasteiger partial charge in [-0.3, -0.25) is 4.90 Å². The Labute approximate surface area is 121 Å². The third kappa shape index (κ3) is 2.94. The molecule has 5 heteroatoms. The van der Waals surface area contributed by atoms with E-state index in [-0.39, 0.29) is 0 Å². The predicted molar refractivity (Wildman–Crippen MR) is 81.0 cm³/mol. The fourth-order valence-corrected chi connectivity index (χ4v) is 2.78. The summed E-state index contributed by atoms with van der Waals surface area (Å²) in [7, 11) is 4.35. The highest BCUT2D eigenvalue weighted by Crippen LogP contribution is 2.40. The van der Waals surface area contributed by atoms with Gasteiger partial charge < -0.3 is 10.2 Å². The number of aromatic nitrogens is 2. The Kier molecular flexibility index (Phi) is 3.89. The molecule has 2 heterocycles. The maximum atomic E-state index is 4.87. The number of nitrogens with zero attached hydrogens (tertiary/aromatic N) is 4. The van der Waals surface area contributed by atoms with Gasteiger partial charge in [0, 0.05) is 43.9 Å². The van der Waals surface area contributed by atoms with Gasteiger partial charge in [-0.2, -0.15) is 0 Å². The Bertz CT molecular complexity index is 471. The number of hydrogen-bond acceptors (Lipinski definition) is 5. The Balaban J connectivity index is 1.90. The number of likely N-dealkylation sites (N-methyl/N-ethyl adjacent to an activating group) is 2. The lowest BCUT2D eigenvalue weighted by atomic mass is 10.1. The van der Waals surface area contributed by atoms with Gasteiger partial charge in [0.15, 0.2) is 0 Å². The van der Waals surface area contributed by atoms with Crippen LogP contribution >= 0.6 is 0 Å². The van der Waals surface area contributed by atoms with Crippen molar-refractivity contribution in [3.63, 3.8) is 0 Å². The summed E-state index contributed by atoms with van der Waals surface area (Å²) >= 11 is 0. The topological polar surface area (TPSA) is 44.3 Å². The first-order valence-electron chi connectivity index (χ1n) is 7.69. The van der Waals surface area contributed by atoms with Crippen LogP contribution in [0.3, 0.4) is 0 Å². The van der Waals surface area contributed by atoms with E-state index in [1.807, 2.05) is 0 Å². The molecule has 3 rings (SSSR count). The summed E-state index contributed by atoms with van der Waals surface area (Å²) in [6, 6.07) is 2.45. The number of hydrogen-bond donors (Lipinski definition) is 1. The lowest BCUT2D eigenvalue weighted by Gasteiger charge is -2.36. The molecule has 5 nitrogen and oxygen atoms in total. The van der Waals surface area contributed by atoms with Gasteiger partial charge in [-0.15, -0.1) is 0 Å². The zero-order chi connectivity index (χ0) is 14.1. The van der Waals surface area contributed by atoms with Gasteiger partial charge in [-0.25, -0.2) is 9.97 Å². The largest absolute Gasteiger partial charge is 0.370 e. The lowest BCUT2D eigenvalue weighted by Crippen LogP contribution is -2.45. The Morgan fingerprint density at radius 3 is 2.75 bits per heavy atom. The Hall–Kier alpha value is -1.20. The molecule has 1 atom stereocenters. The second kappa shape index (κ2) is 5.66. The molecule has 20 heavy (non-hydrogen) atoms. The zero-order valence-corrected chi connectivity index (χ0v) is 12.8. The van der Waals surface area contributed by atoms with Crippen LogP contribution in [0.4, 0.5) is 5.82 Å². The first-order valence-corrected chi connectivity index (χ1v) is 7.69. The molecule has 0 aromatic carbocycles. The molecular formula is C15H25N5. The van der Waals surface area contributed by atoms with Crippen LogP contribution in [0, 0.1) is 0 Å². The third-order valence-corrected chi connectivity index (χ3v) is 4.27. The zero-order valence-electron chi connectivity index (χ0n) is 12.8. The second-order valence-electron chi connectivity index (χ2n) is 6.10. The average Bonchev–Trinajstić information content (AvgIpc) is 3.26. The maximum absolute atomic E-state index is 4.87. The van der Waals surface area contributed by atoms with E-state index in [0.717, 1.165) is 37.8 Å². The van der Waals surface area contributed by atoms with E-state index in [0.29, 0.717) is 12.0 Å². The van der Waals surface area contributed by atoms with Crippen molar-refractivity contribution in [1.29, 1.82) is 0 Å². The minimum Gasteiger partial charge on any atom is -0.370 e. The first-order chi connectivity index (χ1) is 9.67. The summed E-state index contributed by atoms with van der Waals surface area (Å²) in [4.78, 5) is 14.4. The summed E-state index contributed by atoms with van der Waals surface area (Å²) < 4.78 is 0. The van der Waals surface area contributed by atoms with Crippen LogP contribution < -0.4 is 5.32 Å². The van der Waals surface area contributed by atoms with Crippen LogP contribution in [-0.4, -0.2) is 60.0 Å². The fourth-order valence-electron chi connectivity index (χ4n) is 2.78. The van der Waals surface area contributed by atoms with E-state index in [2.05, 4.69) is 42.2 Å². The Morgan fingerprint density at radius 2 is 2.05 bits per heavy atom. The number of nitrogens with one attached hydrogen (secondary N) is 1. The molecule has 1 saturated heterocycles. The number of rotatable bonds is 4. The molecule has 1 aromatic heterocycles. The summed E-state index contributed by atoms with van der Waals surface area (Å²) in [5.41, 5.74) is 1.23. The SMILES string of the molecule is CCNc1cc(C2CC2)nc(C2CN(C)CCN2C)n1. The van der Waals surface area contributed by atoms with Crippen LogP contribution in [0.1, 0.15) is 43.2 Å². The second-order valence-corrected chi connectivity index (χ2v) is 6.10. The van der Waals surface area contributed by atoms with E-state index in [4.69, 9.17) is 9.97 Å². The third-order valence-electron chi connectivity index (χ3n) is 4.27. The fraction of sp³-hybridized carbons (Fsp3) is 0.733. The number of anilines is 1. The lowest BCUT2D eigenvalue weighted by molar-refractivity contribution is 0.109. The molecule has 0 spiro atoms. The van der Waals surface area contributed by atoms with Crippen molar-refractivity contribution in [2.24, 2.45) is 0 Å². The highest BCUT2D eigenvalue weighted by molar-refractivity contribution is 5.38. The first kappa shape index (κ1) is 13.8. The van der Waals surface area contributed by atoms with Gasteiger partial charge in [0.05, 0.1) is 6.04 Å². The highest BCUT2D eigenvalue weighted by Gasteiger charge is 2.30. The standard InChI is InChI=1S/C15H25N5/c1-4-16-14-9-12(11-5-6-11)17-15(18-14)13-10-19(2)7-8-20(13)3/h9,11,13H,4-8,10H2,1-3H3,(H,16,17,18). The van der Waals surface area contributed by atoms with Crippen molar-refractivity contribution < 1.29 is 0 Å². The molecule has 1 unspecified atom stereocenters. The van der Waals surface area contributed by atoms with E-state index < -0.39 is 0 Å². The average molecular weight is 275 g/mol. The molecule has 1 saturated carbocycles. The molecule has 0 radical (unpaired) electrons. The molecule has 1 N–H and O–H groups in total. The van der Waals surface area contributed by atoms with Gasteiger partial charge >= 0.3 is 0 Å². The van der Waals surface area contributed by atoms with E-state index in [1.165, 1.54) is 18.5 Å². The molecule has 2 fully saturated rings. The quantitative estimate of drug-likeness (QED) is 0.906. The summed E-state index contributed by atoms with van der Waals surface area (Å²) in [5.74, 6) is 2.64. The van der Waals surface area contributed by atoms with Crippen LogP contribution in [0.25, 0.3) is 0 Å². The van der Waals surface area contributed by atoms with Crippen LogP contribution in [-0.2, 0) is 0 Å². The molecule has 2 aliphatic rings. The van der Waals surface area contributed by atoms with Crippen LogP contribution in [0.15, 0.2) is 6.07 Å². The van der Waals surface area contributed by atoms with E-state index in [9.17, 15) is 0 Å². The smallest absolute Gasteiger partial charge is 0.149 e. The normalized spacial score (nSPS) is 24.9. The van der Waals surface area contributed by atoms with Gasteiger partial charge in [0.2, 0.25) is 0 Å². The van der Waals surface area contributed by atoms with Crippen LogP contribution in [0.2, 0.25) is 0 Å². The molecule has 0 bridgehead atoms. The van der Waals surface area contributed by atoms with Crippen molar-refractivity contribution >= 4 is 5.82 Å².